The molecule has 0 unspecified atom stereocenters. The lowest BCUT2D eigenvalue weighted by Gasteiger charge is -2.22. The fraction of sp³-hybridized carbons (Fsp3) is 0.400. The average Bonchev–Trinajstić information content (AvgIpc) is 3.34. The molecule has 0 spiro atoms. The van der Waals surface area contributed by atoms with E-state index in [0.29, 0.717) is 12.8 Å². The van der Waals surface area contributed by atoms with Gasteiger partial charge in [0.1, 0.15) is 6.61 Å². The summed E-state index contributed by atoms with van der Waals surface area (Å²) in [5.41, 5.74) is 4.62. The first-order valence-electron chi connectivity index (χ1n) is 11.1. The van der Waals surface area contributed by atoms with E-state index in [4.69, 9.17) is 9.84 Å². The first-order valence-corrected chi connectivity index (χ1v) is 11.1. The van der Waals surface area contributed by atoms with Crippen LogP contribution in [0.1, 0.15) is 49.7 Å². The van der Waals surface area contributed by atoms with Gasteiger partial charge < -0.3 is 20.5 Å². The summed E-state index contributed by atoms with van der Waals surface area (Å²) in [5, 5.41) is 14.5. The Morgan fingerprint density at radius 1 is 1.03 bits per heavy atom. The van der Waals surface area contributed by atoms with E-state index in [-0.39, 0.29) is 36.8 Å². The summed E-state index contributed by atoms with van der Waals surface area (Å²) in [6, 6.07) is 15.5. The average molecular weight is 437 g/mol. The minimum absolute atomic E-state index is 0.0207. The first-order chi connectivity index (χ1) is 15.4. The number of benzene rings is 2. The molecule has 3 N–H and O–H groups in total. The highest BCUT2D eigenvalue weighted by molar-refractivity contribution is 5.82. The summed E-state index contributed by atoms with van der Waals surface area (Å²) in [4.78, 5) is 36.0. The topological polar surface area (TPSA) is 105 Å². The van der Waals surface area contributed by atoms with Crippen LogP contribution in [0.15, 0.2) is 48.5 Å². The molecule has 0 heterocycles. The van der Waals surface area contributed by atoms with Crippen molar-refractivity contribution in [1.29, 1.82) is 0 Å². The van der Waals surface area contributed by atoms with Gasteiger partial charge in [0.05, 0.1) is 12.3 Å². The van der Waals surface area contributed by atoms with Gasteiger partial charge in [-0.2, -0.15) is 0 Å². The third kappa shape index (κ3) is 4.61. The molecule has 7 nitrogen and oxygen atoms in total. The molecule has 2 aliphatic carbocycles. The number of fused-ring (bicyclic) bond motifs is 3. The highest BCUT2D eigenvalue weighted by Crippen LogP contribution is 2.44. The second kappa shape index (κ2) is 9.42. The van der Waals surface area contributed by atoms with E-state index >= 15 is 0 Å². The van der Waals surface area contributed by atoms with E-state index in [1.165, 1.54) is 11.1 Å². The largest absolute Gasteiger partial charge is 0.481 e. The monoisotopic (exact) mass is 436 g/mol. The maximum atomic E-state index is 12.6. The number of carbonyl (C=O) groups excluding carboxylic acids is 2. The van der Waals surface area contributed by atoms with Gasteiger partial charge in [-0.05, 0) is 42.0 Å². The number of carbonyl (C=O) groups is 3. The number of ether oxygens (including phenoxy) is 1. The van der Waals surface area contributed by atoms with Crippen LogP contribution < -0.4 is 10.6 Å². The molecule has 2 aliphatic rings. The third-order valence-electron chi connectivity index (χ3n) is 6.37. The molecule has 1 saturated carbocycles. The van der Waals surface area contributed by atoms with Crippen molar-refractivity contribution in [2.75, 3.05) is 6.61 Å². The van der Waals surface area contributed by atoms with Crippen molar-refractivity contribution in [2.24, 2.45) is 5.92 Å². The van der Waals surface area contributed by atoms with Gasteiger partial charge in [-0.1, -0.05) is 55.0 Å². The van der Waals surface area contributed by atoms with Gasteiger partial charge in [0.2, 0.25) is 5.91 Å². The molecule has 2 aromatic rings. The molecule has 0 radical (unpaired) electrons. The maximum Gasteiger partial charge on any atom is 0.407 e. The van der Waals surface area contributed by atoms with E-state index in [9.17, 15) is 14.4 Å². The molecule has 0 aromatic heterocycles. The number of aliphatic carboxylic acids is 1. The van der Waals surface area contributed by atoms with Gasteiger partial charge in [0.15, 0.2) is 0 Å². The molecule has 1 fully saturated rings. The highest BCUT2D eigenvalue weighted by Gasteiger charge is 2.35. The Bertz CT molecular complexity index is 975. The SMILES string of the molecule is C[C@H](CC(=O)O)NC(=O)[C@H]1CCC[C@H]1NC(=O)OCC1c2ccccc2-c2ccccc21. The Morgan fingerprint density at radius 2 is 1.66 bits per heavy atom. The van der Waals surface area contributed by atoms with Crippen LogP contribution >= 0.6 is 0 Å². The molecule has 4 rings (SSSR count). The van der Waals surface area contributed by atoms with E-state index in [1.807, 2.05) is 24.3 Å². The smallest absolute Gasteiger partial charge is 0.407 e. The summed E-state index contributed by atoms with van der Waals surface area (Å²) < 4.78 is 5.60. The van der Waals surface area contributed by atoms with E-state index in [0.717, 1.165) is 17.5 Å². The van der Waals surface area contributed by atoms with Gasteiger partial charge in [-0.3, -0.25) is 9.59 Å². The van der Waals surface area contributed by atoms with Crippen LogP contribution in [0.4, 0.5) is 4.79 Å². The van der Waals surface area contributed by atoms with Crippen LogP contribution in [0, 0.1) is 5.92 Å². The molecule has 32 heavy (non-hydrogen) atoms. The second-order valence-electron chi connectivity index (χ2n) is 8.62. The number of carboxylic acid groups (broad SMARTS) is 1. The molecule has 168 valence electrons. The standard InChI is InChI=1S/C25H28N2O5/c1-15(13-23(28)29)26-24(30)20-11-6-12-22(20)27-25(31)32-14-21-18-9-4-2-7-16(18)17-8-3-5-10-19(17)21/h2-5,7-10,15,20-22H,6,11-14H2,1H3,(H,26,30)(H,27,31)(H,28,29)/t15-,20+,22-/m1/s1. The maximum absolute atomic E-state index is 12.6. The Morgan fingerprint density at radius 3 is 2.28 bits per heavy atom. The molecule has 0 saturated heterocycles. The Balaban J connectivity index is 1.35. The second-order valence-corrected chi connectivity index (χ2v) is 8.62. The Kier molecular flexibility index (Phi) is 6.44. The predicted molar refractivity (Wildman–Crippen MR) is 119 cm³/mol. The Labute approximate surface area is 187 Å². The lowest BCUT2D eigenvalue weighted by molar-refractivity contribution is -0.137. The first kappa shape index (κ1) is 21.9. The normalized spacial score (nSPS) is 20.2. The Hall–Kier alpha value is -3.35. The molecular weight excluding hydrogens is 408 g/mol. The quantitative estimate of drug-likeness (QED) is 0.614. The van der Waals surface area contributed by atoms with Gasteiger partial charge in [-0.15, -0.1) is 0 Å². The number of hydrogen-bond acceptors (Lipinski definition) is 4. The lowest BCUT2D eigenvalue weighted by atomic mass is 9.98. The molecule has 3 atom stereocenters. The van der Waals surface area contributed by atoms with Crippen molar-refractivity contribution in [3.05, 3.63) is 59.7 Å². The van der Waals surface area contributed by atoms with Crippen molar-refractivity contribution in [3.8, 4) is 11.1 Å². The van der Waals surface area contributed by atoms with Gasteiger partial charge in [-0.25, -0.2) is 4.79 Å². The van der Waals surface area contributed by atoms with Gasteiger partial charge in [0.25, 0.3) is 0 Å². The zero-order chi connectivity index (χ0) is 22.7. The van der Waals surface area contributed by atoms with Crippen molar-refractivity contribution < 1.29 is 24.2 Å². The number of alkyl carbamates (subject to hydrolysis) is 1. The summed E-state index contributed by atoms with van der Waals surface area (Å²) in [6.45, 7) is 1.88. The summed E-state index contributed by atoms with van der Waals surface area (Å²) in [5.74, 6) is -1.59. The van der Waals surface area contributed by atoms with E-state index in [1.54, 1.807) is 6.92 Å². The fourth-order valence-electron chi connectivity index (χ4n) is 4.90. The van der Waals surface area contributed by atoms with Crippen LogP contribution in [0.3, 0.4) is 0 Å². The van der Waals surface area contributed by atoms with Crippen molar-refractivity contribution >= 4 is 18.0 Å². The van der Waals surface area contributed by atoms with Crippen LogP contribution in [0.5, 0.6) is 0 Å². The van der Waals surface area contributed by atoms with Crippen LogP contribution in [0.2, 0.25) is 0 Å². The number of carboxylic acids is 1. The minimum atomic E-state index is -0.961. The number of hydrogen-bond donors (Lipinski definition) is 3. The number of nitrogens with one attached hydrogen (secondary N) is 2. The van der Waals surface area contributed by atoms with Crippen molar-refractivity contribution in [1.82, 2.24) is 10.6 Å². The molecular formula is C25H28N2O5. The zero-order valence-electron chi connectivity index (χ0n) is 18.0. The molecule has 0 aliphatic heterocycles. The van der Waals surface area contributed by atoms with Crippen molar-refractivity contribution in [3.63, 3.8) is 0 Å². The highest BCUT2D eigenvalue weighted by atomic mass is 16.5. The zero-order valence-corrected chi connectivity index (χ0v) is 18.0. The number of rotatable bonds is 7. The minimum Gasteiger partial charge on any atom is -0.481 e. The predicted octanol–water partition coefficient (Wildman–Crippen LogP) is 3.67. The van der Waals surface area contributed by atoms with Crippen LogP contribution in [-0.4, -0.2) is 41.8 Å². The summed E-state index contributed by atoms with van der Waals surface area (Å²) in [7, 11) is 0. The summed E-state index contributed by atoms with van der Waals surface area (Å²) >= 11 is 0. The van der Waals surface area contributed by atoms with Gasteiger partial charge in [0, 0.05) is 18.0 Å². The van der Waals surface area contributed by atoms with Gasteiger partial charge >= 0.3 is 12.1 Å². The van der Waals surface area contributed by atoms with Crippen molar-refractivity contribution in [2.45, 2.75) is 50.6 Å². The molecule has 0 bridgehead atoms. The van der Waals surface area contributed by atoms with Crippen LogP contribution in [-0.2, 0) is 14.3 Å². The summed E-state index contributed by atoms with van der Waals surface area (Å²) in [6.07, 6.45) is 1.49. The van der Waals surface area contributed by atoms with Crippen LogP contribution in [0.25, 0.3) is 11.1 Å². The number of amides is 2. The molecule has 2 aromatic carbocycles. The van der Waals surface area contributed by atoms with E-state index in [2.05, 4.69) is 34.9 Å². The fourth-order valence-corrected chi connectivity index (χ4v) is 4.90. The molecule has 2 amide bonds. The van der Waals surface area contributed by atoms with E-state index < -0.39 is 18.1 Å². The lowest BCUT2D eigenvalue weighted by Crippen LogP contribution is -2.46. The molecule has 7 heteroatoms. The third-order valence-corrected chi connectivity index (χ3v) is 6.37.